The summed E-state index contributed by atoms with van der Waals surface area (Å²) in [7, 11) is 1.62. The quantitative estimate of drug-likeness (QED) is 0.761. The fourth-order valence-electron chi connectivity index (χ4n) is 1.91. The molecular formula is C15H14Cl3NO. The second-order valence-corrected chi connectivity index (χ2v) is 5.63. The molecule has 0 bridgehead atoms. The van der Waals surface area contributed by atoms with Crippen LogP contribution >= 0.6 is 34.8 Å². The Bertz CT molecular complexity index is 616. The molecule has 106 valence electrons. The van der Waals surface area contributed by atoms with Crippen LogP contribution in [0.4, 0.5) is 5.69 Å². The number of anilines is 1. The van der Waals surface area contributed by atoms with Crippen molar-refractivity contribution in [2.75, 3.05) is 12.4 Å². The maximum atomic E-state index is 6.21. The van der Waals surface area contributed by atoms with Crippen LogP contribution in [0.1, 0.15) is 18.5 Å². The molecule has 2 rings (SSSR count). The Balaban J connectivity index is 2.25. The number of ether oxygens (including phenoxy) is 1. The Kier molecular flexibility index (Phi) is 5.03. The topological polar surface area (TPSA) is 21.3 Å². The summed E-state index contributed by atoms with van der Waals surface area (Å²) in [5.41, 5.74) is 1.75. The summed E-state index contributed by atoms with van der Waals surface area (Å²) >= 11 is 18.3. The molecule has 2 aromatic rings. The summed E-state index contributed by atoms with van der Waals surface area (Å²) in [5, 5.41) is 5.19. The van der Waals surface area contributed by atoms with E-state index >= 15 is 0 Å². The molecule has 1 N–H and O–H groups in total. The van der Waals surface area contributed by atoms with E-state index in [1.54, 1.807) is 19.2 Å². The lowest BCUT2D eigenvalue weighted by Crippen LogP contribution is -2.07. The van der Waals surface area contributed by atoms with Gasteiger partial charge in [0.15, 0.2) is 0 Å². The van der Waals surface area contributed by atoms with Gasteiger partial charge in [-0.2, -0.15) is 0 Å². The van der Waals surface area contributed by atoms with Crippen LogP contribution in [0.5, 0.6) is 5.75 Å². The van der Waals surface area contributed by atoms with E-state index in [1.165, 1.54) is 0 Å². The van der Waals surface area contributed by atoms with Gasteiger partial charge in [0, 0.05) is 16.1 Å². The van der Waals surface area contributed by atoms with Gasteiger partial charge in [-0.25, -0.2) is 0 Å². The first-order valence-corrected chi connectivity index (χ1v) is 7.19. The van der Waals surface area contributed by atoms with Gasteiger partial charge in [-0.3, -0.25) is 0 Å². The molecule has 0 aliphatic carbocycles. The summed E-state index contributed by atoms with van der Waals surface area (Å²) < 4.78 is 5.19. The van der Waals surface area contributed by atoms with E-state index in [4.69, 9.17) is 39.5 Å². The van der Waals surface area contributed by atoms with Gasteiger partial charge in [-0.15, -0.1) is 0 Å². The van der Waals surface area contributed by atoms with Gasteiger partial charge in [-0.05, 0) is 36.8 Å². The van der Waals surface area contributed by atoms with E-state index in [2.05, 4.69) is 5.32 Å². The Morgan fingerprint density at radius 3 is 2.40 bits per heavy atom. The molecule has 5 heteroatoms. The van der Waals surface area contributed by atoms with E-state index in [1.807, 2.05) is 31.2 Å². The number of hydrogen-bond donors (Lipinski definition) is 1. The number of rotatable bonds is 4. The smallest absolute Gasteiger partial charge is 0.121 e. The minimum Gasteiger partial charge on any atom is -0.497 e. The van der Waals surface area contributed by atoms with Crippen molar-refractivity contribution in [3.05, 3.63) is 57.0 Å². The maximum absolute atomic E-state index is 6.21. The second-order valence-electron chi connectivity index (χ2n) is 4.38. The third-order valence-electron chi connectivity index (χ3n) is 2.97. The van der Waals surface area contributed by atoms with Gasteiger partial charge in [-0.1, -0.05) is 40.9 Å². The normalized spacial score (nSPS) is 12.1. The van der Waals surface area contributed by atoms with Gasteiger partial charge >= 0.3 is 0 Å². The first-order valence-electron chi connectivity index (χ1n) is 6.06. The van der Waals surface area contributed by atoms with Crippen molar-refractivity contribution in [2.45, 2.75) is 13.0 Å². The summed E-state index contributed by atoms with van der Waals surface area (Å²) in [6.45, 7) is 2.00. The zero-order valence-corrected chi connectivity index (χ0v) is 13.4. The highest BCUT2D eigenvalue weighted by Gasteiger charge is 2.12. The zero-order chi connectivity index (χ0) is 14.7. The lowest BCUT2D eigenvalue weighted by molar-refractivity contribution is 0.415. The average Bonchev–Trinajstić information content (AvgIpc) is 2.41. The second kappa shape index (κ2) is 6.57. The molecule has 0 heterocycles. The summed E-state index contributed by atoms with van der Waals surface area (Å²) in [6.07, 6.45) is 0. The van der Waals surface area contributed by atoms with E-state index in [-0.39, 0.29) is 6.04 Å². The van der Waals surface area contributed by atoms with E-state index < -0.39 is 0 Å². The van der Waals surface area contributed by atoms with Crippen molar-refractivity contribution < 1.29 is 4.74 Å². The maximum Gasteiger partial charge on any atom is 0.121 e. The van der Waals surface area contributed by atoms with E-state index in [0.717, 1.165) is 17.0 Å². The van der Waals surface area contributed by atoms with Crippen LogP contribution in [0.3, 0.4) is 0 Å². The lowest BCUT2D eigenvalue weighted by atomic mass is 10.1. The van der Waals surface area contributed by atoms with Crippen LogP contribution < -0.4 is 10.1 Å². The molecule has 0 unspecified atom stereocenters. The predicted octanol–water partition coefficient (Wildman–Crippen LogP) is 5.83. The third kappa shape index (κ3) is 3.51. The van der Waals surface area contributed by atoms with E-state index in [0.29, 0.717) is 15.1 Å². The van der Waals surface area contributed by atoms with E-state index in [9.17, 15) is 0 Å². The number of halogens is 3. The van der Waals surface area contributed by atoms with Gasteiger partial charge < -0.3 is 10.1 Å². The van der Waals surface area contributed by atoms with Crippen molar-refractivity contribution in [3.8, 4) is 5.75 Å². The van der Waals surface area contributed by atoms with Gasteiger partial charge in [0.1, 0.15) is 5.75 Å². The first kappa shape index (κ1) is 15.3. The summed E-state index contributed by atoms with van der Waals surface area (Å²) in [5.74, 6) is 0.742. The molecule has 0 radical (unpaired) electrons. The molecule has 2 aromatic carbocycles. The highest BCUT2D eigenvalue weighted by Crippen LogP contribution is 2.32. The molecule has 20 heavy (non-hydrogen) atoms. The highest BCUT2D eigenvalue weighted by molar-refractivity contribution is 6.35. The van der Waals surface area contributed by atoms with Crippen molar-refractivity contribution in [1.82, 2.24) is 0 Å². The Morgan fingerprint density at radius 2 is 1.75 bits per heavy atom. The van der Waals surface area contributed by atoms with Crippen LogP contribution in [0.15, 0.2) is 36.4 Å². The monoisotopic (exact) mass is 329 g/mol. The van der Waals surface area contributed by atoms with Crippen molar-refractivity contribution >= 4 is 40.5 Å². The summed E-state index contributed by atoms with van der Waals surface area (Å²) in [4.78, 5) is 0. The molecular weight excluding hydrogens is 317 g/mol. The van der Waals surface area contributed by atoms with Gasteiger partial charge in [0.25, 0.3) is 0 Å². The van der Waals surface area contributed by atoms with Crippen LogP contribution in [0.2, 0.25) is 15.1 Å². The molecule has 2 nitrogen and oxygen atoms in total. The number of methoxy groups -OCH3 is 1. The molecule has 0 aliphatic heterocycles. The van der Waals surface area contributed by atoms with Crippen LogP contribution in [-0.2, 0) is 0 Å². The number of nitrogens with one attached hydrogen (secondary N) is 1. The predicted molar refractivity (Wildman–Crippen MR) is 86.5 cm³/mol. The van der Waals surface area contributed by atoms with Gasteiger partial charge in [0.05, 0.1) is 23.9 Å². The van der Waals surface area contributed by atoms with Crippen molar-refractivity contribution in [2.24, 2.45) is 0 Å². The SMILES string of the molecule is COc1ccc(Cl)c(N[C@H](C)c2ccc(Cl)cc2Cl)c1. The highest BCUT2D eigenvalue weighted by atomic mass is 35.5. The lowest BCUT2D eigenvalue weighted by Gasteiger charge is -2.18. The van der Waals surface area contributed by atoms with Crippen molar-refractivity contribution in [1.29, 1.82) is 0 Å². The summed E-state index contributed by atoms with van der Waals surface area (Å²) in [6, 6.07) is 10.9. The van der Waals surface area contributed by atoms with Crippen LogP contribution in [-0.4, -0.2) is 7.11 Å². The molecule has 0 aromatic heterocycles. The molecule has 0 saturated heterocycles. The number of benzene rings is 2. The molecule has 0 saturated carbocycles. The largest absolute Gasteiger partial charge is 0.497 e. The van der Waals surface area contributed by atoms with Crippen LogP contribution in [0.25, 0.3) is 0 Å². The fraction of sp³-hybridized carbons (Fsp3) is 0.200. The minimum atomic E-state index is -0.00984. The fourth-order valence-corrected chi connectivity index (χ4v) is 2.65. The Labute approximate surface area is 133 Å². The first-order chi connectivity index (χ1) is 9.51. The third-order valence-corrected chi connectivity index (χ3v) is 3.87. The van der Waals surface area contributed by atoms with Crippen molar-refractivity contribution in [3.63, 3.8) is 0 Å². The van der Waals surface area contributed by atoms with Gasteiger partial charge in [0.2, 0.25) is 0 Å². The van der Waals surface area contributed by atoms with Crippen LogP contribution in [0, 0.1) is 0 Å². The molecule has 0 spiro atoms. The molecule has 1 atom stereocenters. The minimum absolute atomic E-state index is 0.00984. The molecule has 0 amide bonds. The molecule has 0 fully saturated rings. The zero-order valence-electron chi connectivity index (χ0n) is 11.1. The number of hydrogen-bond acceptors (Lipinski definition) is 2. The standard InChI is InChI=1S/C15H14Cl3NO/c1-9(12-5-3-10(16)7-14(12)18)19-15-8-11(20-2)4-6-13(15)17/h3-9,19H,1-2H3/t9-/m1/s1. The Hall–Kier alpha value is -1.09. The Morgan fingerprint density at radius 1 is 1.00 bits per heavy atom. The molecule has 0 aliphatic rings. The average molecular weight is 331 g/mol.